The molecule has 0 aliphatic heterocycles. The molecule has 5 nitrogen and oxygen atoms in total. The molecule has 26 heavy (non-hydrogen) atoms. The molecule has 0 fully saturated rings. The number of hydrogen-bond acceptors (Lipinski definition) is 4. The zero-order chi connectivity index (χ0) is 19.3. The number of nitrogens with one attached hydrogen (secondary N) is 1. The van der Waals surface area contributed by atoms with Gasteiger partial charge in [0.05, 0.1) is 8.95 Å². The van der Waals surface area contributed by atoms with Gasteiger partial charge in [-0.2, -0.15) is 0 Å². The fourth-order valence-corrected chi connectivity index (χ4v) is 3.82. The first-order valence-corrected chi connectivity index (χ1v) is 9.40. The summed E-state index contributed by atoms with van der Waals surface area (Å²) in [6.07, 6.45) is 0.740. The summed E-state index contributed by atoms with van der Waals surface area (Å²) >= 11 is 6.46. The van der Waals surface area contributed by atoms with Crippen LogP contribution in [0, 0.1) is 6.92 Å². The van der Waals surface area contributed by atoms with Gasteiger partial charge in [0.25, 0.3) is 5.91 Å². The van der Waals surface area contributed by atoms with Crippen molar-refractivity contribution in [1.82, 2.24) is 5.32 Å². The van der Waals surface area contributed by atoms with Crippen molar-refractivity contribution >= 4 is 56.8 Å². The van der Waals surface area contributed by atoms with Gasteiger partial charge >= 0.3 is 0 Å². The van der Waals surface area contributed by atoms with Gasteiger partial charge in [-0.3, -0.25) is 4.79 Å². The van der Waals surface area contributed by atoms with Crippen molar-refractivity contribution in [2.45, 2.75) is 19.8 Å². The second-order valence-electron chi connectivity index (χ2n) is 5.89. The molecule has 0 spiro atoms. The lowest BCUT2D eigenvalue weighted by Crippen LogP contribution is -2.33. The second kappa shape index (κ2) is 9.23. The molecule has 2 aromatic rings. The molecule has 134 valence electrons. The molecule has 2 rings (SSSR count). The molecule has 2 aromatic carbocycles. The SMILES string of the molecule is [B]c1cc(C)cc(CCNC(=O)/C(Cc2cc(Br)c(O)c(Br)c2)=N\O)c1. The molecule has 0 heterocycles. The Bertz CT molecular complexity index is 813. The lowest BCUT2D eigenvalue weighted by Gasteiger charge is -2.09. The average molecular weight is 480 g/mol. The first-order chi connectivity index (χ1) is 12.3. The molecular weight excluding hydrogens is 463 g/mol. The van der Waals surface area contributed by atoms with Crippen molar-refractivity contribution in [2.75, 3.05) is 6.54 Å². The molecule has 0 aliphatic rings. The van der Waals surface area contributed by atoms with Crippen molar-refractivity contribution in [3.8, 4) is 5.75 Å². The van der Waals surface area contributed by atoms with Gasteiger partial charge in [-0.25, -0.2) is 0 Å². The Kier molecular flexibility index (Phi) is 7.28. The molecule has 0 unspecified atom stereocenters. The minimum atomic E-state index is -0.451. The number of amides is 1. The Morgan fingerprint density at radius 3 is 2.38 bits per heavy atom. The zero-order valence-corrected chi connectivity index (χ0v) is 17.3. The summed E-state index contributed by atoms with van der Waals surface area (Å²) in [7, 11) is 5.82. The number of aryl methyl sites for hydroxylation is 1. The number of nitrogens with zero attached hydrogens (tertiary/aromatic N) is 1. The van der Waals surface area contributed by atoms with Crippen LogP contribution in [0.25, 0.3) is 0 Å². The smallest absolute Gasteiger partial charge is 0.269 e. The van der Waals surface area contributed by atoms with E-state index in [2.05, 4.69) is 42.3 Å². The maximum atomic E-state index is 12.2. The van der Waals surface area contributed by atoms with E-state index < -0.39 is 5.91 Å². The van der Waals surface area contributed by atoms with Crippen molar-refractivity contribution in [1.29, 1.82) is 0 Å². The van der Waals surface area contributed by atoms with Crippen molar-refractivity contribution in [2.24, 2.45) is 5.16 Å². The minimum Gasteiger partial charge on any atom is -0.506 e. The van der Waals surface area contributed by atoms with E-state index in [-0.39, 0.29) is 17.9 Å². The number of phenols is 1. The van der Waals surface area contributed by atoms with Crippen LogP contribution in [-0.2, 0) is 17.6 Å². The Morgan fingerprint density at radius 1 is 1.15 bits per heavy atom. The third-order valence-electron chi connectivity index (χ3n) is 3.69. The third-order valence-corrected chi connectivity index (χ3v) is 4.90. The summed E-state index contributed by atoms with van der Waals surface area (Å²) in [6, 6.07) is 9.08. The number of benzene rings is 2. The van der Waals surface area contributed by atoms with Crippen LogP contribution < -0.4 is 10.8 Å². The highest BCUT2D eigenvalue weighted by molar-refractivity contribution is 9.11. The largest absolute Gasteiger partial charge is 0.506 e. The van der Waals surface area contributed by atoms with Gasteiger partial charge in [-0.05, 0) is 68.5 Å². The van der Waals surface area contributed by atoms with Crippen LogP contribution in [0.1, 0.15) is 16.7 Å². The monoisotopic (exact) mass is 478 g/mol. The fourth-order valence-electron chi connectivity index (χ4n) is 2.54. The van der Waals surface area contributed by atoms with Crippen LogP contribution in [-0.4, -0.2) is 36.3 Å². The molecule has 8 heteroatoms. The quantitative estimate of drug-likeness (QED) is 0.258. The van der Waals surface area contributed by atoms with E-state index in [1.54, 1.807) is 12.1 Å². The van der Waals surface area contributed by atoms with Gasteiger partial charge in [0.1, 0.15) is 19.3 Å². The zero-order valence-electron chi connectivity index (χ0n) is 14.1. The Morgan fingerprint density at radius 2 is 1.81 bits per heavy atom. The van der Waals surface area contributed by atoms with E-state index >= 15 is 0 Å². The van der Waals surface area contributed by atoms with Crippen LogP contribution in [0.4, 0.5) is 0 Å². The van der Waals surface area contributed by atoms with E-state index in [0.29, 0.717) is 32.9 Å². The Balaban J connectivity index is 1.96. The molecular formula is C18H17BBr2N2O3. The number of oxime groups is 1. The van der Waals surface area contributed by atoms with Gasteiger partial charge in [0.2, 0.25) is 0 Å². The first-order valence-electron chi connectivity index (χ1n) is 7.82. The highest BCUT2D eigenvalue weighted by Gasteiger charge is 2.15. The van der Waals surface area contributed by atoms with Crippen LogP contribution in [0.5, 0.6) is 5.75 Å². The molecule has 0 aliphatic carbocycles. The highest BCUT2D eigenvalue weighted by Crippen LogP contribution is 2.33. The number of carbonyl (C=O) groups excluding carboxylic acids is 1. The van der Waals surface area contributed by atoms with E-state index in [9.17, 15) is 15.1 Å². The average Bonchev–Trinajstić information content (AvgIpc) is 2.56. The summed E-state index contributed by atoms with van der Waals surface area (Å²) < 4.78 is 0.966. The predicted octanol–water partition coefficient (Wildman–Crippen LogP) is 2.75. The minimum absolute atomic E-state index is 0.0155. The lowest BCUT2D eigenvalue weighted by molar-refractivity contribution is -0.115. The molecule has 0 atom stereocenters. The van der Waals surface area contributed by atoms with Crippen LogP contribution >= 0.6 is 31.9 Å². The van der Waals surface area contributed by atoms with Crippen LogP contribution in [0.2, 0.25) is 0 Å². The Hall–Kier alpha value is -1.80. The molecule has 0 saturated heterocycles. The van der Waals surface area contributed by atoms with Gasteiger partial charge in [0, 0.05) is 13.0 Å². The Labute approximate surface area is 170 Å². The summed E-state index contributed by atoms with van der Waals surface area (Å²) in [5, 5.41) is 24.8. The maximum absolute atomic E-state index is 12.2. The summed E-state index contributed by atoms with van der Waals surface area (Å²) in [5.74, 6) is -0.383. The van der Waals surface area contributed by atoms with Crippen molar-refractivity contribution < 1.29 is 15.1 Å². The van der Waals surface area contributed by atoms with Crippen LogP contribution in [0.15, 0.2) is 44.4 Å². The summed E-state index contributed by atoms with van der Waals surface area (Å²) in [5.41, 5.74) is 3.46. The molecule has 0 bridgehead atoms. The van der Waals surface area contributed by atoms with Gasteiger partial charge in [0.15, 0.2) is 0 Å². The third kappa shape index (κ3) is 5.61. The molecule has 0 aromatic heterocycles. The van der Waals surface area contributed by atoms with E-state index in [1.807, 2.05) is 25.1 Å². The van der Waals surface area contributed by atoms with Gasteiger partial charge in [-0.1, -0.05) is 34.4 Å². The van der Waals surface area contributed by atoms with Crippen molar-refractivity contribution in [3.63, 3.8) is 0 Å². The molecule has 2 radical (unpaired) electrons. The normalized spacial score (nSPS) is 11.4. The number of halogens is 2. The fraction of sp³-hybridized carbons (Fsp3) is 0.222. The predicted molar refractivity (Wildman–Crippen MR) is 110 cm³/mol. The van der Waals surface area contributed by atoms with E-state index in [0.717, 1.165) is 11.1 Å². The molecule has 1 amide bonds. The standard InChI is InChI=1S/C18H17BBr2N2O3/c1-10-4-11(6-13(19)5-10)2-3-22-18(25)16(23-26)9-12-7-14(20)17(24)15(21)8-12/h4-8,24,26H,2-3,9H2,1H3,(H,22,25)/b23-16-. The van der Waals surface area contributed by atoms with E-state index in [4.69, 9.17) is 7.85 Å². The van der Waals surface area contributed by atoms with Gasteiger partial charge < -0.3 is 15.6 Å². The second-order valence-corrected chi connectivity index (χ2v) is 7.60. The maximum Gasteiger partial charge on any atom is 0.269 e. The van der Waals surface area contributed by atoms with E-state index in [1.165, 1.54) is 0 Å². The van der Waals surface area contributed by atoms with Crippen LogP contribution in [0.3, 0.4) is 0 Å². The number of rotatable bonds is 6. The first kappa shape index (κ1) is 20.5. The summed E-state index contributed by atoms with van der Waals surface area (Å²) in [4.78, 5) is 12.2. The topological polar surface area (TPSA) is 81.9 Å². The number of phenolic OH excluding ortho intramolecular Hbond substituents is 1. The number of carbonyl (C=O) groups is 1. The lowest BCUT2D eigenvalue weighted by atomic mass is 9.91. The van der Waals surface area contributed by atoms with Crippen molar-refractivity contribution in [3.05, 3.63) is 56.0 Å². The number of aromatic hydroxyl groups is 1. The van der Waals surface area contributed by atoms with Gasteiger partial charge in [-0.15, -0.1) is 0 Å². The highest BCUT2D eigenvalue weighted by atomic mass is 79.9. The number of hydrogen-bond donors (Lipinski definition) is 3. The molecule has 0 saturated carbocycles. The molecule has 3 N–H and O–H groups in total. The summed E-state index contributed by atoms with van der Waals surface area (Å²) in [6.45, 7) is 2.35.